The Morgan fingerprint density at radius 2 is 2.17 bits per heavy atom. The minimum Gasteiger partial charge on any atom is -0.481 e. The Morgan fingerprint density at radius 1 is 1.44 bits per heavy atom. The highest BCUT2D eigenvalue weighted by Crippen LogP contribution is 2.18. The number of hydrogen-bond donors (Lipinski definition) is 2. The predicted molar refractivity (Wildman–Crippen MR) is 70.0 cm³/mol. The normalized spacial score (nSPS) is 10.6. The molecule has 2 N–H and O–H groups in total. The van der Waals surface area contributed by atoms with Crippen molar-refractivity contribution in [2.45, 2.75) is 39.0 Å². The Hall–Kier alpha value is -1.43. The number of aliphatic carboxylic acids is 1. The lowest BCUT2D eigenvalue weighted by atomic mass is 10.2. The zero-order valence-corrected chi connectivity index (χ0v) is 11.4. The number of carboxylic acid groups (broad SMARTS) is 1. The van der Waals surface area contributed by atoms with Crippen LogP contribution in [-0.2, 0) is 4.79 Å². The first-order valence-electron chi connectivity index (χ1n) is 5.96. The zero-order valence-electron chi connectivity index (χ0n) is 10.6. The molecule has 0 spiro atoms. The topological polar surface area (TPSA) is 79.3 Å². The number of rotatable bonds is 7. The molecule has 6 heteroatoms. The van der Waals surface area contributed by atoms with Crippen LogP contribution in [0.2, 0.25) is 0 Å². The van der Waals surface area contributed by atoms with Gasteiger partial charge in [-0.05, 0) is 12.8 Å². The number of amides is 1. The number of carbonyl (C=O) groups excluding carboxylic acids is 1. The number of nitrogens with one attached hydrogen (secondary N) is 1. The van der Waals surface area contributed by atoms with Gasteiger partial charge >= 0.3 is 5.97 Å². The van der Waals surface area contributed by atoms with E-state index in [9.17, 15) is 9.59 Å². The molecule has 0 saturated carbocycles. The molecule has 0 bridgehead atoms. The van der Waals surface area contributed by atoms with E-state index >= 15 is 0 Å². The van der Waals surface area contributed by atoms with Gasteiger partial charge in [0.2, 0.25) is 0 Å². The van der Waals surface area contributed by atoms with Gasteiger partial charge in [0.05, 0.1) is 5.01 Å². The van der Waals surface area contributed by atoms with E-state index in [1.165, 1.54) is 11.3 Å². The van der Waals surface area contributed by atoms with E-state index in [-0.39, 0.29) is 12.3 Å². The minimum atomic E-state index is -0.803. The molecule has 0 fully saturated rings. The third kappa shape index (κ3) is 4.83. The molecule has 100 valence electrons. The van der Waals surface area contributed by atoms with Crippen LogP contribution in [0.15, 0.2) is 5.38 Å². The van der Waals surface area contributed by atoms with E-state index in [1.54, 1.807) is 5.38 Å². The second-order valence-corrected chi connectivity index (χ2v) is 5.22. The number of hydrogen-bond acceptors (Lipinski definition) is 4. The van der Waals surface area contributed by atoms with Crippen LogP contribution in [0.5, 0.6) is 0 Å². The van der Waals surface area contributed by atoms with Crippen molar-refractivity contribution < 1.29 is 14.7 Å². The highest BCUT2D eigenvalue weighted by Gasteiger charge is 2.11. The first-order chi connectivity index (χ1) is 8.50. The van der Waals surface area contributed by atoms with Crippen molar-refractivity contribution in [2.24, 2.45) is 0 Å². The zero-order chi connectivity index (χ0) is 13.5. The Labute approximate surface area is 110 Å². The van der Waals surface area contributed by atoms with Crippen LogP contribution >= 0.6 is 11.3 Å². The van der Waals surface area contributed by atoms with Crippen molar-refractivity contribution in [1.82, 2.24) is 10.3 Å². The Balaban J connectivity index is 2.29. The molecular weight excluding hydrogens is 252 g/mol. The maximum atomic E-state index is 11.7. The van der Waals surface area contributed by atoms with E-state index in [0.29, 0.717) is 31.0 Å². The number of aromatic nitrogens is 1. The summed E-state index contributed by atoms with van der Waals surface area (Å²) < 4.78 is 0. The van der Waals surface area contributed by atoms with Crippen molar-refractivity contribution in [3.05, 3.63) is 16.1 Å². The number of thiazole rings is 1. The maximum Gasteiger partial charge on any atom is 0.303 e. The van der Waals surface area contributed by atoms with Crippen LogP contribution in [0, 0.1) is 0 Å². The number of unbranched alkanes of at least 4 members (excludes halogenated alkanes) is 1. The monoisotopic (exact) mass is 270 g/mol. The van der Waals surface area contributed by atoms with Crippen molar-refractivity contribution >= 4 is 23.2 Å². The van der Waals surface area contributed by atoms with E-state index < -0.39 is 5.97 Å². The van der Waals surface area contributed by atoms with E-state index in [2.05, 4.69) is 10.3 Å². The number of carboxylic acids is 1. The van der Waals surface area contributed by atoms with Crippen LogP contribution in [0.3, 0.4) is 0 Å². The molecular formula is C12H18N2O3S. The van der Waals surface area contributed by atoms with Gasteiger partial charge in [-0.3, -0.25) is 9.59 Å². The largest absolute Gasteiger partial charge is 0.481 e. The van der Waals surface area contributed by atoms with Crippen molar-refractivity contribution in [3.63, 3.8) is 0 Å². The van der Waals surface area contributed by atoms with Gasteiger partial charge in [-0.2, -0.15) is 0 Å². The third-order valence-corrected chi connectivity index (χ3v) is 3.50. The van der Waals surface area contributed by atoms with Gasteiger partial charge < -0.3 is 10.4 Å². The lowest BCUT2D eigenvalue weighted by Crippen LogP contribution is -2.24. The average molecular weight is 270 g/mol. The van der Waals surface area contributed by atoms with E-state index in [0.717, 1.165) is 5.01 Å². The summed E-state index contributed by atoms with van der Waals surface area (Å²) in [5, 5.41) is 13.9. The summed E-state index contributed by atoms with van der Waals surface area (Å²) >= 11 is 1.48. The van der Waals surface area contributed by atoms with E-state index in [4.69, 9.17) is 5.11 Å². The molecule has 0 radical (unpaired) electrons. The van der Waals surface area contributed by atoms with Crippen LogP contribution in [0.25, 0.3) is 0 Å². The summed E-state index contributed by atoms with van der Waals surface area (Å²) in [5.41, 5.74) is 0.446. The number of nitrogens with zero attached hydrogens (tertiary/aromatic N) is 1. The molecule has 0 atom stereocenters. The molecule has 0 aromatic carbocycles. The van der Waals surface area contributed by atoms with E-state index in [1.807, 2.05) is 13.8 Å². The van der Waals surface area contributed by atoms with Crippen LogP contribution in [-0.4, -0.2) is 28.5 Å². The molecule has 5 nitrogen and oxygen atoms in total. The Kier molecular flexibility index (Phi) is 5.77. The van der Waals surface area contributed by atoms with Gasteiger partial charge in [-0.1, -0.05) is 13.8 Å². The molecule has 0 aliphatic carbocycles. The van der Waals surface area contributed by atoms with Gasteiger partial charge in [0.25, 0.3) is 5.91 Å². The van der Waals surface area contributed by atoms with Gasteiger partial charge in [0.15, 0.2) is 0 Å². The van der Waals surface area contributed by atoms with Crippen molar-refractivity contribution in [3.8, 4) is 0 Å². The fourth-order valence-corrected chi connectivity index (χ4v) is 2.17. The summed E-state index contributed by atoms with van der Waals surface area (Å²) in [5.74, 6) is -0.664. The minimum absolute atomic E-state index is 0.143. The fraction of sp³-hybridized carbons (Fsp3) is 0.583. The molecule has 1 aromatic heterocycles. The predicted octanol–water partition coefficient (Wildman–Crippen LogP) is 2.25. The van der Waals surface area contributed by atoms with Crippen molar-refractivity contribution in [1.29, 1.82) is 0 Å². The second-order valence-electron chi connectivity index (χ2n) is 4.33. The third-order valence-electron chi connectivity index (χ3n) is 2.35. The molecule has 1 aromatic rings. The molecule has 1 amide bonds. The quantitative estimate of drug-likeness (QED) is 0.745. The fourth-order valence-electron chi connectivity index (χ4n) is 1.35. The first kappa shape index (κ1) is 14.6. The second kappa shape index (κ2) is 7.10. The molecule has 1 heterocycles. The molecule has 18 heavy (non-hydrogen) atoms. The van der Waals surface area contributed by atoms with Crippen LogP contribution in [0.1, 0.15) is 54.5 Å². The summed E-state index contributed by atoms with van der Waals surface area (Å²) in [6.45, 7) is 4.56. The van der Waals surface area contributed by atoms with Gasteiger partial charge in [0, 0.05) is 24.3 Å². The molecule has 0 unspecified atom stereocenters. The SMILES string of the molecule is CC(C)c1nc(C(=O)NCCCCC(=O)O)cs1. The van der Waals surface area contributed by atoms with Gasteiger partial charge in [-0.15, -0.1) is 11.3 Å². The molecule has 1 rings (SSSR count). The van der Waals surface area contributed by atoms with Gasteiger partial charge in [0.1, 0.15) is 5.69 Å². The summed E-state index contributed by atoms with van der Waals surface area (Å²) in [4.78, 5) is 26.2. The average Bonchev–Trinajstić information content (AvgIpc) is 2.77. The summed E-state index contributed by atoms with van der Waals surface area (Å²) in [6, 6.07) is 0. The first-order valence-corrected chi connectivity index (χ1v) is 6.84. The lowest BCUT2D eigenvalue weighted by Gasteiger charge is -2.02. The molecule has 0 saturated heterocycles. The smallest absolute Gasteiger partial charge is 0.303 e. The highest BCUT2D eigenvalue weighted by atomic mass is 32.1. The Morgan fingerprint density at radius 3 is 2.72 bits per heavy atom. The highest BCUT2D eigenvalue weighted by molar-refractivity contribution is 7.09. The number of carbonyl (C=O) groups is 2. The van der Waals surface area contributed by atoms with Crippen LogP contribution in [0.4, 0.5) is 0 Å². The van der Waals surface area contributed by atoms with Crippen molar-refractivity contribution in [2.75, 3.05) is 6.54 Å². The van der Waals surface area contributed by atoms with Crippen LogP contribution < -0.4 is 5.32 Å². The Bertz CT molecular complexity index is 415. The lowest BCUT2D eigenvalue weighted by molar-refractivity contribution is -0.137. The summed E-state index contributed by atoms with van der Waals surface area (Å²) in [6.07, 6.45) is 1.38. The standard InChI is InChI=1S/C12H18N2O3S/c1-8(2)12-14-9(7-18-12)11(17)13-6-4-3-5-10(15)16/h7-8H,3-6H2,1-2H3,(H,13,17)(H,15,16). The molecule has 0 aliphatic heterocycles. The summed E-state index contributed by atoms with van der Waals surface area (Å²) in [7, 11) is 0. The molecule has 0 aliphatic rings. The maximum absolute atomic E-state index is 11.7. The van der Waals surface area contributed by atoms with Gasteiger partial charge in [-0.25, -0.2) is 4.98 Å².